The SMILES string of the molecule is CCNC1(CO)CCC(N2CCN(C)C(C)C2)C1. The van der Waals surface area contributed by atoms with Gasteiger partial charge in [-0.15, -0.1) is 0 Å². The van der Waals surface area contributed by atoms with Crippen molar-refractivity contribution in [3.05, 3.63) is 0 Å². The highest BCUT2D eigenvalue weighted by molar-refractivity contribution is 5.00. The zero-order chi connectivity index (χ0) is 13.2. The van der Waals surface area contributed by atoms with Gasteiger partial charge < -0.3 is 15.3 Å². The highest BCUT2D eigenvalue weighted by atomic mass is 16.3. The number of hydrogen-bond donors (Lipinski definition) is 2. The zero-order valence-corrected chi connectivity index (χ0v) is 12.2. The molecule has 0 aromatic rings. The van der Waals surface area contributed by atoms with Crippen LogP contribution in [0.15, 0.2) is 0 Å². The molecule has 18 heavy (non-hydrogen) atoms. The zero-order valence-electron chi connectivity index (χ0n) is 12.2. The van der Waals surface area contributed by atoms with Crippen molar-refractivity contribution in [3.63, 3.8) is 0 Å². The van der Waals surface area contributed by atoms with Crippen molar-refractivity contribution in [2.24, 2.45) is 0 Å². The molecule has 1 aliphatic carbocycles. The van der Waals surface area contributed by atoms with Gasteiger partial charge in [0.25, 0.3) is 0 Å². The van der Waals surface area contributed by atoms with E-state index in [2.05, 4.69) is 36.0 Å². The summed E-state index contributed by atoms with van der Waals surface area (Å²) in [5, 5.41) is 13.2. The van der Waals surface area contributed by atoms with Gasteiger partial charge in [0.15, 0.2) is 0 Å². The Kier molecular flexibility index (Phi) is 4.64. The van der Waals surface area contributed by atoms with Gasteiger partial charge in [-0.25, -0.2) is 0 Å². The molecule has 0 bridgehead atoms. The van der Waals surface area contributed by atoms with Crippen LogP contribution in [0.1, 0.15) is 33.1 Å². The van der Waals surface area contributed by atoms with Crippen molar-refractivity contribution in [3.8, 4) is 0 Å². The van der Waals surface area contributed by atoms with E-state index < -0.39 is 0 Å². The lowest BCUT2D eigenvalue weighted by atomic mass is 9.98. The number of likely N-dealkylation sites (N-methyl/N-ethyl adjacent to an activating group) is 2. The van der Waals surface area contributed by atoms with Crippen molar-refractivity contribution in [2.75, 3.05) is 39.8 Å². The summed E-state index contributed by atoms with van der Waals surface area (Å²) >= 11 is 0. The molecule has 0 radical (unpaired) electrons. The molecule has 4 nitrogen and oxygen atoms in total. The largest absolute Gasteiger partial charge is 0.394 e. The molecule has 0 amide bonds. The second-order valence-corrected chi connectivity index (χ2v) is 6.19. The minimum absolute atomic E-state index is 0.00793. The quantitative estimate of drug-likeness (QED) is 0.768. The van der Waals surface area contributed by atoms with Crippen LogP contribution in [-0.4, -0.2) is 72.4 Å². The molecular weight excluding hydrogens is 226 g/mol. The Bertz CT molecular complexity index is 274. The van der Waals surface area contributed by atoms with Crippen LogP contribution in [0.4, 0.5) is 0 Å². The van der Waals surface area contributed by atoms with Crippen LogP contribution in [0.5, 0.6) is 0 Å². The maximum Gasteiger partial charge on any atom is 0.0613 e. The Balaban J connectivity index is 1.92. The van der Waals surface area contributed by atoms with Crippen LogP contribution in [0, 0.1) is 0 Å². The van der Waals surface area contributed by atoms with Gasteiger partial charge in [0.2, 0.25) is 0 Å². The Morgan fingerprint density at radius 3 is 2.78 bits per heavy atom. The number of nitrogens with one attached hydrogen (secondary N) is 1. The van der Waals surface area contributed by atoms with Gasteiger partial charge in [0, 0.05) is 37.3 Å². The molecule has 3 unspecified atom stereocenters. The Morgan fingerprint density at radius 2 is 2.17 bits per heavy atom. The summed E-state index contributed by atoms with van der Waals surface area (Å²) in [6, 6.07) is 1.31. The molecular formula is C14H29N3O. The van der Waals surface area contributed by atoms with Gasteiger partial charge >= 0.3 is 0 Å². The third-order valence-corrected chi connectivity index (χ3v) is 4.94. The Hall–Kier alpha value is -0.160. The third kappa shape index (κ3) is 2.87. The van der Waals surface area contributed by atoms with Crippen LogP contribution in [0.2, 0.25) is 0 Å². The minimum atomic E-state index is -0.00793. The molecule has 1 saturated heterocycles. The average molecular weight is 255 g/mol. The number of aliphatic hydroxyl groups excluding tert-OH is 1. The molecule has 2 aliphatic rings. The van der Waals surface area contributed by atoms with Gasteiger partial charge in [0.1, 0.15) is 0 Å². The van der Waals surface area contributed by atoms with E-state index in [0.717, 1.165) is 19.4 Å². The number of hydrogen-bond acceptors (Lipinski definition) is 4. The second kappa shape index (κ2) is 5.87. The summed E-state index contributed by atoms with van der Waals surface area (Å²) in [5.41, 5.74) is -0.00793. The molecule has 3 atom stereocenters. The first-order chi connectivity index (χ1) is 8.60. The fourth-order valence-electron chi connectivity index (χ4n) is 3.55. The van der Waals surface area contributed by atoms with Crippen molar-refractivity contribution in [1.29, 1.82) is 0 Å². The summed E-state index contributed by atoms with van der Waals surface area (Å²) in [4.78, 5) is 5.08. The van der Waals surface area contributed by atoms with E-state index in [1.54, 1.807) is 0 Å². The molecule has 2 N–H and O–H groups in total. The smallest absolute Gasteiger partial charge is 0.0613 e. The van der Waals surface area contributed by atoms with Crippen molar-refractivity contribution in [1.82, 2.24) is 15.1 Å². The average Bonchev–Trinajstić information content (AvgIpc) is 2.78. The molecule has 2 fully saturated rings. The van der Waals surface area contributed by atoms with Gasteiger partial charge in [-0.3, -0.25) is 4.90 Å². The first kappa shape index (κ1) is 14.3. The summed E-state index contributed by atoms with van der Waals surface area (Å²) < 4.78 is 0. The Labute approximate surface area is 111 Å². The molecule has 106 valence electrons. The number of nitrogens with zero attached hydrogens (tertiary/aromatic N) is 2. The molecule has 4 heteroatoms. The van der Waals surface area contributed by atoms with Crippen LogP contribution >= 0.6 is 0 Å². The summed E-state index contributed by atoms with van der Waals surface area (Å²) in [7, 11) is 2.22. The highest BCUT2D eigenvalue weighted by Gasteiger charge is 2.41. The molecule has 1 saturated carbocycles. The highest BCUT2D eigenvalue weighted by Crippen LogP contribution is 2.33. The molecule has 0 aromatic carbocycles. The number of aliphatic hydroxyl groups is 1. The molecule has 2 rings (SSSR count). The first-order valence-electron chi connectivity index (χ1n) is 7.40. The predicted molar refractivity (Wildman–Crippen MR) is 74.8 cm³/mol. The first-order valence-corrected chi connectivity index (χ1v) is 7.40. The maximum atomic E-state index is 9.67. The van der Waals surface area contributed by atoms with Crippen LogP contribution < -0.4 is 5.32 Å². The van der Waals surface area contributed by atoms with Gasteiger partial charge in [0.05, 0.1) is 6.61 Å². The normalized spacial score (nSPS) is 39.3. The van der Waals surface area contributed by atoms with Gasteiger partial charge in [-0.1, -0.05) is 6.92 Å². The lowest BCUT2D eigenvalue weighted by Gasteiger charge is -2.41. The fraction of sp³-hybridized carbons (Fsp3) is 1.00. The van der Waals surface area contributed by atoms with E-state index in [4.69, 9.17) is 0 Å². The molecule has 0 spiro atoms. The third-order valence-electron chi connectivity index (χ3n) is 4.94. The topological polar surface area (TPSA) is 38.7 Å². The van der Waals surface area contributed by atoms with Gasteiger partial charge in [-0.2, -0.15) is 0 Å². The van der Waals surface area contributed by atoms with E-state index in [1.165, 1.54) is 26.1 Å². The lowest BCUT2D eigenvalue weighted by molar-refractivity contribution is 0.0671. The summed E-state index contributed by atoms with van der Waals surface area (Å²) in [5.74, 6) is 0. The number of rotatable bonds is 4. The lowest BCUT2D eigenvalue weighted by Crippen LogP contribution is -2.54. The van der Waals surface area contributed by atoms with Crippen LogP contribution in [0.3, 0.4) is 0 Å². The minimum Gasteiger partial charge on any atom is -0.394 e. The number of piperazine rings is 1. The van der Waals surface area contributed by atoms with E-state index in [-0.39, 0.29) is 12.1 Å². The maximum absolute atomic E-state index is 9.67. The van der Waals surface area contributed by atoms with E-state index in [1.807, 2.05) is 0 Å². The fourth-order valence-corrected chi connectivity index (χ4v) is 3.55. The standard InChI is InChI=1S/C14H29N3O/c1-4-15-14(11-18)6-5-13(9-14)17-8-7-16(3)12(2)10-17/h12-13,15,18H,4-11H2,1-3H3. The predicted octanol–water partition coefficient (Wildman–Crippen LogP) is 0.515. The van der Waals surface area contributed by atoms with E-state index in [9.17, 15) is 5.11 Å². The monoisotopic (exact) mass is 255 g/mol. The van der Waals surface area contributed by atoms with E-state index >= 15 is 0 Å². The Morgan fingerprint density at radius 1 is 1.39 bits per heavy atom. The van der Waals surface area contributed by atoms with Crippen molar-refractivity contribution < 1.29 is 5.11 Å². The molecule has 1 heterocycles. The summed E-state index contributed by atoms with van der Waals surface area (Å²) in [6.07, 6.45) is 3.44. The van der Waals surface area contributed by atoms with Crippen LogP contribution in [-0.2, 0) is 0 Å². The molecule has 1 aliphatic heterocycles. The van der Waals surface area contributed by atoms with Gasteiger partial charge in [-0.05, 0) is 39.8 Å². The molecule has 0 aromatic heterocycles. The second-order valence-electron chi connectivity index (χ2n) is 6.19. The van der Waals surface area contributed by atoms with Crippen molar-refractivity contribution in [2.45, 2.75) is 50.7 Å². The van der Waals surface area contributed by atoms with Crippen molar-refractivity contribution >= 4 is 0 Å². The van der Waals surface area contributed by atoms with E-state index in [0.29, 0.717) is 12.1 Å². The van der Waals surface area contributed by atoms with Crippen LogP contribution in [0.25, 0.3) is 0 Å². The summed E-state index contributed by atoms with van der Waals surface area (Å²) in [6.45, 7) is 9.19.